The zero-order chi connectivity index (χ0) is 33.4. The van der Waals surface area contributed by atoms with Crippen LogP contribution in [0.4, 0.5) is 0 Å². The number of hydrogen-bond donors (Lipinski definition) is 0. The number of piperidine rings is 1. The molecule has 49 heavy (non-hydrogen) atoms. The first-order valence-corrected chi connectivity index (χ1v) is 18.5. The molecule has 1 aromatic heterocycles. The topological polar surface area (TPSA) is 51.2 Å². The Morgan fingerprint density at radius 1 is 0.837 bits per heavy atom. The molecule has 1 amide bonds. The van der Waals surface area contributed by atoms with Gasteiger partial charge in [0.2, 0.25) is 5.91 Å². The van der Waals surface area contributed by atoms with Crippen molar-refractivity contribution >= 4 is 32.9 Å². The highest BCUT2D eigenvalue weighted by Gasteiger charge is 2.21. The minimum absolute atomic E-state index is 0.234. The van der Waals surface area contributed by atoms with Crippen LogP contribution in [0.2, 0.25) is 0 Å². The van der Waals surface area contributed by atoms with Gasteiger partial charge in [0, 0.05) is 41.2 Å². The second kappa shape index (κ2) is 15.9. The van der Waals surface area contributed by atoms with E-state index in [1.54, 1.807) is 7.11 Å². The average Bonchev–Trinajstić information content (AvgIpc) is 3.71. The number of benzene rings is 3. The molecular formula is C42H46N2O4S. The van der Waals surface area contributed by atoms with E-state index in [-0.39, 0.29) is 5.91 Å². The predicted molar refractivity (Wildman–Crippen MR) is 199 cm³/mol. The van der Waals surface area contributed by atoms with E-state index in [0.29, 0.717) is 19.6 Å². The van der Waals surface area contributed by atoms with Gasteiger partial charge in [0.15, 0.2) is 0 Å². The molecule has 3 aliphatic rings. The van der Waals surface area contributed by atoms with Crippen LogP contribution in [0.1, 0.15) is 65.7 Å². The molecule has 0 saturated carbocycles. The van der Waals surface area contributed by atoms with Crippen LogP contribution in [0, 0.1) is 0 Å². The quantitative estimate of drug-likeness (QED) is 0.142. The van der Waals surface area contributed by atoms with Crippen molar-refractivity contribution in [1.82, 2.24) is 9.80 Å². The summed E-state index contributed by atoms with van der Waals surface area (Å²) in [6.07, 6.45) is 15.7. The van der Waals surface area contributed by atoms with Crippen LogP contribution in [0.3, 0.4) is 0 Å². The number of ether oxygens (including phenoxy) is 3. The number of fused-ring (bicyclic) bond motifs is 1. The molecular weight excluding hydrogens is 629 g/mol. The number of carbonyl (C=O) groups excluding carboxylic acids is 1. The monoisotopic (exact) mass is 674 g/mol. The summed E-state index contributed by atoms with van der Waals surface area (Å²) in [5.41, 5.74) is 5.89. The Labute approximate surface area is 294 Å². The highest BCUT2D eigenvalue weighted by Crippen LogP contribution is 2.41. The summed E-state index contributed by atoms with van der Waals surface area (Å²) in [6, 6.07) is 23.3. The van der Waals surface area contributed by atoms with Gasteiger partial charge in [-0.3, -0.25) is 9.69 Å². The lowest BCUT2D eigenvalue weighted by Crippen LogP contribution is -2.34. The second-order valence-electron chi connectivity index (χ2n) is 13.2. The van der Waals surface area contributed by atoms with Gasteiger partial charge < -0.3 is 19.1 Å². The Hall–Kier alpha value is -4.33. The summed E-state index contributed by atoms with van der Waals surface area (Å²) in [7, 11) is 1.72. The Kier molecular flexibility index (Phi) is 10.8. The van der Waals surface area contributed by atoms with Crippen LogP contribution in [0.5, 0.6) is 11.5 Å². The number of nitrogens with zero attached hydrogens (tertiary/aromatic N) is 2. The van der Waals surface area contributed by atoms with Gasteiger partial charge in [-0.05, 0) is 116 Å². The van der Waals surface area contributed by atoms with Crippen molar-refractivity contribution in [3.63, 3.8) is 0 Å². The normalized spacial score (nSPS) is 16.8. The first-order chi connectivity index (χ1) is 24.1. The SMILES string of the molecule is COc1cc(Cc2c(C3=CCC=C(OCCN4CCCC4)C=C3)sc3cc(OCc4ccccc4)ccc23)ccc1CN1CCCCC1=O. The standard InChI is InChI=1S/C42H46N2O4S/c1-46-39-27-32(15-16-34(39)29-44-23-6-5-14-41(44)45)26-38-37-20-19-36(48-30-31-10-3-2-4-11-31)28-40(37)49-42(38)33-12-9-13-35(18-17-33)47-25-24-43-21-7-8-22-43/h2-4,10-13,15-20,27-28H,5-9,14,21-26,29-30H2,1H3. The van der Waals surface area contributed by atoms with Gasteiger partial charge in [-0.2, -0.15) is 0 Å². The average molecular weight is 675 g/mol. The van der Waals surface area contributed by atoms with Crippen LogP contribution >= 0.6 is 11.3 Å². The third-order valence-corrected chi connectivity index (χ3v) is 11.0. The summed E-state index contributed by atoms with van der Waals surface area (Å²) in [5, 5.41) is 1.24. The molecule has 0 radical (unpaired) electrons. The van der Waals surface area contributed by atoms with E-state index in [9.17, 15) is 4.79 Å². The Bertz CT molecular complexity index is 1850. The maximum absolute atomic E-state index is 12.5. The lowest BCUT2D eigenvalue weighted by Gasteiger charge is -2.27. The number of amides is 1. The molecule has 2 aliphatic heterocycles. The summed E-state index contributed by atoms with van der Waals surface area (Å²) < 4.78 is 19.6. The first kappa shape index (κ1) is 33.2. The largest absolute Gasteiger partial charge is 0.496 e. The smallest absolute Gasteiger partial charge is 0.222 e. The molecule has 0 atom stereocenters. The molecule has 3 aromatic carbocycles. The molecule has 2 fully saturated rings. The Morgan fingerprint density at radius 3 is 2.53 bits per heavy atom. The fourth-order valence-corrected chi connectivity index (χ4v) is 8.29. The number of rotatable bonds is 13. The number of hydrogen-bond acceptors (Lipinski definition) is 6. The fraction of sp³-hybridized carbons (Fsp3) is 0.357. The molecule has 7 rings (SSSR count). The van der Waals surface area contributed by atoms with Crippen LogP contribution in [-0.4, -0.2) is 55.6 Å². The molecule has 1 aliphatic carbocycles. The van der Waals surface area contributed by atoms with Crippen molar-refractivity contribution in [3.05, 3.63) is 124 Å². The minimum atomic E-state index is 0.234. The highest BCUT2D eigenvalue weighted by molar-refractivity contribution is 7.20. The lowest BCUT2D eigenvalue weighted by atomic mass is 9.97. The molecule has 0 unspecified atom stereocenters. The highest BCUT2D eigenvalue weighted by atomic mass is 32.1. The van der Waals surface area contributed by atoms with Gasteiger partial charge in [-0.25, -0.2) is 0 Å². The van der Waals surface area contributed by atoms with Gasteiger partial charge in [0.1, 0.15) is 30.5 Å². The second-order valence-corrected chi connectivity index (χ2v) is 14.2. The maximum atomic E-state index is 12.5. The van der Waals surface area contributed by atoms with Crippen molar-refractivity contribution in [1.29, 1.82) is 0 Å². The van der Waals surface area contributed by atoms with Crippen molar-refractivity contribution in [2.24, 2.45) is 0 Å². The third kappa shape index (κ3) is 8.28. The summed E-state index contributed by atoms with van der Waals surface area (Å²) in [6.45, 7) is 6.01. The van der Waals surface area contributed by atoms with Crippen molar-refractivity contribution in [3.8, 4) is 11.5 Å². The van der Waals surface area contributed by atoms with E-state index in [0.717, 1.165) is 73.8 Å². The third-order valence-electron chi connectivity index (χ3n) is 9.75. The first-order valence-electron chi connectivity index (χ1n) is 17.7. The van der Waals surface area contributed by atoms with E-state index in [1.165, 1.54) is 57.6 Å². The molecule has 7 heteroatoms. The minimum Gasteiger partial charge on any atom is -0.496 e. The van der Waals surface area contributed by atoms with E-state index < -0.39 is 0 Å². The van der Waals surface area contributed by atoms with Gasteiger partial charge >= 0.3 is 0 Å². The molecule has 2 saturated heterocycles. The van der Waals surface area contributed by atoms with Crippen molar-refractivity contribution in [2.45, 2.75) is 58.1 Å². The van der Waals surface area contributed by atoms with E-state index >= 15 is 0 Å². The van der Waals surface area contributed by atoms with E-state index in [1.807, 2.05) is 34.4 Å². The number of carbonyl (C=O) groups is 1. The molecule has 4 aromatic rings. The van der Waals surface area contributed by atoms with Crippen LogP contribution < -0.4 is 9.47 Å². The zero-order valence-corrected chi connectivity index (χ0v) is 29.3. The van der Waals surface area contributed by atoms with Gasteiger partial charge in [-0.15, -0.1) is 11.3 Å². The number of methoxy groups -OCH3 is 1. The van der Waals surface area contributed by atoms with Crippen molar-refractivity contribution < 1.29 is 19.0 Å². The summed E-state index contributed by atoms with van der Waals surface area (Å²) >= 11 is 1.82. The molecule has 3 heterocycles. The lowest BCUT2D eigenvalue weighted by molar-refractivity contribution is -0.133. The number of likely N-dealkylation sites (tertiary alicyclic amines) is 2. The molecule has 254 valence electrons. The number of thiophene rings is 1. The summed E-state index contributed by atoms with van der Waals surface area (Å²) in [4.78, 5) is 18.2. The van der Waals surface area contributed by atoms with E-state index in [2.05, 4.69) is 77.7 Å². The van der Waals surface area contributed by atoms with Crippen LogP contribution in [0.15, 0.2) is 96.8 Å². The Morgan fingerprint density at radius 2 is 1.69 bits per heavy atom. The Balaban J connectivity index is 1.14. The summed E-state index contributed by atoms with van der Waals surface area (Å²) in [5.74, 6) is 2.88. The molecule has 0 bridgehead atoms. The molecule has 0 N–H and O–H groups in total. The maximum Gasteiger partial charge on any atom is 0.222 e. The predicted octanol–water partition coefficient (Wildman–Crippen LogP) is 8.93. The van der Waals surface area contributed by atoms with Gasteiger partial charge in [-0.1, -0.05) is 54.6 Å². The van der Waals surface area contributed by atoms with Gasteiger partial charge in [0.25, 0.3) is 0 Å². The van der Waals surface area contributed by atoms with Crippen molar-refractivity contribution in [2.75, 3.05) is 39.9 Å². The van der Waals surface area contributed by atoms with Gasteiger partial charge in [0.05, 0.1) is 7.11 Å². The molecule has 6 nitrogen and oxygen atoms in total. The van der Waals surface area contributed by atoms with Crippen LogP contribution in [-0.2, 0) is 29.1 Å². The fourth-order valence-electron chi connectivity index (χ4n) is 7.02. The van der Waals surface area contributed by atoms with E-state index in [4.69, 9.17) is 14.2 Å². The molecule has 0 spiro atoms. The van der Waals surface area contributed by atoms with Crippen LogP contribution in [0.25, 0.3) is 15.7 Å². The zero-order valence-electron chi connectivity index (χ0n) is 28.5. The number of allylic oxidation sites excluding steroid dienone is 5.